The average Bonchev–Trinajstić information content (AvgIpc) is 2.82. The summed E-state index contributed by atoms with van der Waals surface area (Å²) in [4.78, 5) is 15.9. The van der Waals surface area contributed by atoms with Gasteiger partial charge in [-0.3, -0.25) is 9.36 Å². The van der Waals surface area contributed by atoms with E-state index in [1.807, 2.05) is 6.07 Å². The SMILES string of the molecule is CC(=O)n1ccnc1-c1ccc(C2CCCCCC2)cc1Cl. The van der Waals surface area contributed by atoms with Crippen molar-refractivity contribution in [2.75, 3.05) is 0 Å². The van der Waals surface area contributed by atoms with Crippen molar-refractivity contribution in [3.8, 4) is 11.4 Å². The number of aromatic nitrogens is 2. The van der Waals surface area contributed by atoms with Gasteiger partial charge in [-0.1, -0.05) is 43.4 Å². The lowest BCUT2D eigenvalue weighted by atomic mass is 9.91. The summed E-state index contributed by atoms with van der Waals surface area (Å²) in [6, 6.07) is 6.21. The number of halogens is 1. The van der Waals surface area contributed by atoms with Crippen molar-refractivity contribution < 1.29 is 4.79 Å². The summed E-state index contributed by atoms with van der Waals surface area (Å²) in [7, 11) is 0. The van der Waals surface area contributed by atoms with Gasteiger partial charge in [0.05, 0.1) is 5.02 Å². The summed E-state index contributed by atoms with van der Waals surface area (Å²) in [6.07, 6.45) is 11.1. The van der Waals surface area contributed by atoms with Crippen LogP contribution in [0.25, 0.3) is 11.4 Å². The molecule has 2 aromatic rings. The minimum absolute atomic E-state index is 0.0589. The van der Waals surface area contributed by atoms with Crippen molar-refractivity contribution in [2.24, 2.45) is 0 Å². The van der Waals surface area contributed by atoms with Gasteiger partial charge >= 0.3 is 0 Å². The molecule has 0 N–H and O–H groups in total. The first kappa shape index (κ1) is 15.3. The Bertz CT molecular complexity index is 669. The van der Waals surface area contributed by atoms with Gasteiger partial charge in [0, 0.05) is 24.9 Å². The molecule has 0 amide bonds. The molecule has 1 heterocycles. The predicted octanol–water partition coefficient (Wildman–Crippen LogP) is 5.30. The number of carbonyl (C=O) groups is 1. The molecule has 0 unspecified atom stereocenters. The Labute approximate surface area is 136 Å². The second-order valence-corrected chi connectivity index (χ2v) is 6.47. The van der Waals surface area contributed by atoms with E-state index in [2.05, 4.69) is 17.1 Å². The third-order valence-corrected chi connectivity index (χ3v) is 4.85. The zero-order chi connectivity index (χ0) is 15.5. The Hall–Kier alpha value is -1.61. The van der Waals surface area contributed by atoms with Gasteiger partial charge in [0.25, 0.3) is 0 Å². The molecule has 116 valence electrons. The molecule has 0 bridgehead atoms. The molecular weight excluding hydrogens is 296 g/mol. The highest BCUT2D eigenvalue weighted by atomic mass is 35.5. The van der Waals surface area contributed by atoms with Gasteiger partial charge < -0.3 is 0 Å². The zero-order valence-corrected chi connectivity index (χ0v) is 13.6. The topological polar surface area (TPSA) is 34.9 Å². The number of benzene rings is 1. The fourth-order valence-corrected chi connectivity index (χ4v) is 3.61. The molecule has 1 aliphatic rings. The molecule has 0 aliphatic heterocycles. The van der Waals surface area contributed by atoms with Crippen molar-refractivity contribution in [3.05, 3.63) is 41.2 Å². The largest absolute Gasteiger partial charge is 0.274 e. The normalized spacial score (nSPS) is 16.5. The highest BCUT2D eigenvalue weighted by Crippen LogP contribution is 2.35. The molecule has 3 nitrogen and oxygen atoms in total. The summed E-state index contributed by atoms with van der Waals surface area (Å²) in [5, 5.41) is 0.676. The lowest BCUT2D eigenvalue weighted by Gasteiger charge is -2.16. The Morgan fingerprint density at radius 3 is 2.59 bits per heavy atom. The summed E-state index contributed by atoms with van der Waals surface area (Å²) in [5.41, 5.74) is 2.14. The summed E-state index contributed by atoms with van der Waals surface area (Å²) >= 11 is 6.49. The maximum Gasteiger partial charge on any atom is 0.229 e. The molecule has 22 heavy (non-hydrogen) atoms. The number of hydrogen-bond acceptors (Lipinski definition) is 2. The van der Waals surface area contributed by atoms with Crippen LogP contribution in [0.5, 0.6) is 0 Å². The van der Waals surface area contributed by atoms with Crippen molar-refractivity contribution in [1.29, 1.82) is 0 Å². The van der Waals surface area contributed by atoms with Crippen LogP contribution in [0.3, 0.4) is 0 Å². The fourth-order valence-electron chi connectivity index (χ4n) is 3.34. The van der Waals surface area contributed by atoms with Crippen LogP contribution in [0.15, 0.2) is 30.6 Å². The molecule has 0 atom stereocenters. The van der Waals surface area contributed by atoms with Crippen LogP contribution in [0.2, 0.25) is 5.02 Å². The Morgan fingerprint density at radius 2 is 1.95 bits per heavy atom. The second kappa shape index (κ2) is 6.66. The van der Waals surface area contributed by atoms with Gasteiger partial charge in [-0.2, -0.15) is 0 Å². The molecule has 0 spiro atoms. The van der Waals surface area contributed by atoms with Crippen LogP contribution in [0.1, 0.15) is 61.7 Å². The van der Waals surface area contributed by atoms with Gasteiger partial charge in [0.15, 0.2) is 0 Å². The highest BCUT2D eigenvalue weighted by Gasteiger charge is 2.17. The summed E-state index contributed by atoms with van der Waals surface area (Å²) in [5.74, 6) is 1.17. The van der Waals surface area contributed by atoms with Gasteiger partial charge in [-0.05, 0) is 36.5 Å². The first-order valence-electron chi connectivity index (χ1n) is 8.01. The number of rotatable bonds is 2. The van der Waals surface area contributed by atoms with Crippen LogP contribution < -0.4 is 0 Å². The minimum Gasteiger partial charge on any atom is -0.274 e. The van der Waals surface area contributed by atoms with Crippen LogP contribution >= 0.6 is 11.6 Å². The predicted molar refractivity (Wildman–Crippen MR) is 89.4 cm³/mol. The first-order chi connectivity index (χ1) is 10.7. The minimum atomic E-state index is -0.0589. The Kier molecular flexibility index (Phi) is 4.63. The smallest absolute Gasteiger partial charge is 0.229 e. The van der Waals surface area contributed by atoms with Gasteiger partial charge in [0.2, 0.25) is 5.91 Å². The first-order valence-corrected chi connectivity index (χ1v) is 8.38. The van der Waals surface area contributed by atoms with Crippen molar-refractivity contribution in [1.82, 2.24) is 9.55 Å². The molecule has 1 aliphatic carbocycles. The number of imidazole rings is 1. The van der Waals surface area contributed by atoms with E-state index in [9.17, 15) is 4.79 Å². The van der Waals surface area contributed by atoms with Gasteiger partial charge in [-0.15, -0.1) is 0 Å². The van der Waals surface area contributed by atoms with E-state index in [-0.39, 0.29) is 5.91 Å². The van der Waals surface area contributed by atoms with Crippen molar-refractivity contribution in [2.45, 2.75) is 51.4 Å². The monoisotopic (exact) mass is 316 g/mol. The van der Waals surface area contributed by atoms with Crippen LogP contribution in [0, 0.1) is 0 Å². The van der Waals surface area contributed by atoms with E-state index in [0.717, 1.165) is 5.56 Å². The average molecular weight is 317 g/mol. The quantitative estimate of drug-likeness (QED) is 0.704. The van der Waals surface area contributed by atoms with E-state index in [1.165, 1.54) is 55.6 Å². The van der Waals surface area contributed by atoms with E-state index in [1.54, 1.807) is 12.4 Å². The lowest BCUT2D eigenvalue weighted by molar-refractivity contribution is 0.0938. The molecule has 1 saturated carbocycles. The van der Waals surface area contributed by atoms with Gasteiger partial charge in [-0.25, -0.2) is 4.98 Å². The molecule has 0 radical (unpaired) electrons. The maximum atomic E-state index is 11.6. The van der Waals surface area contributed by atoms with Crippen molar-refractivity contribution in [3.63, 3.8) is 0 Å². The maximum absolute atomic E-state index is 11.6. The molecule has 0 saturated heterocycles. The van der Waals surface area contributed by atoms with Crippen LogP contribution in [-0.4, -0.2) is 15.5 Å². The fraction of sp³-hybridized carbons (Fsp3) is 0.444. The lowest BCUT2D eigenvalue weighted by Crippen LogP contribution is -2.06. The molecule has 1 fully saturated rings. The van der Waals surface area contributed by atoms with E-state index >= 15 is 0 Å². The van der Waals surface area contributed by atoms with E-state index in [0.29, 0.717) is 16.8 Å². The van der Waals surface area contributed by atoms with E-state index < -0.39 is 0 Å². The standard InChI is InChI=1S/C18H21ClN2O/c1-13(22)21-11-10-20-18(21)16-9-8-15(12-17(16)19)14-6-4-2-3-5-7-14/h8-12,14H,2-7H2,1H3. The zero-order valence-electron chi connectivity index (χ0n) is 12.9. The molecular formula is C18H21ClN2O. The molecule has 1 aromatic carbocycles. The van der Waals surface area contributed by atoms with Crippen molar-refractivity contribution >= 4 is 17.5 Å². The summed E-state index contributed by atoms with van der Waals surface area (Å²) in [6.45, 7) is 1.53. The van der Waals surface area contributed by atoms with Crippen LogP contribution in [0.4, 0.5) is 0 Å². The van der Waals surface area contributed by atoms with Gasteiger partial charge in [0.1, 0.15) is 5.82 Å². The third-order valence-electron chi connectivity index (χ3n) is 4.54. The van der Waals surface area contributed by atoms with E-state index in [4.69, 9.17) is 11.6 Å². The number of hydrogen-bond donors (Lipinski definition) is 0. The Morgan fingerprint density at radius 1 is 1.23 bits per heavy atom. The number of carbonyl (C=O) groups excluding carboxylic acids is 1. The third kappa shape index (κ3) is 3.09. The molecule has 3 rings (SSSR count). The molecule has 1 aromatic heterocycles. The van der Waals surface area contributed by atoms with Crippen LogP contribution in [-0.2, 0) is 0 Å². The molecule has 4 heteroatoms. The highest BCUT2D eigenvalue weighted by molar-refractivity contribution is 6.33. The summed E-state index contributed by atoms with van der Waals surface area (Å²) < 4.78 is 1.53. The Balaban J connectivity index is 1.92. The second-order valence-electron chi connectivity index (χ2n) is 6.07. The number of nitrogens with zero attached hydrogens (tertiary/aromatic N) is 2.